The predicted molar refractivity (Wildman–Crippen MR) is 110 cm³/mol. The Morgan fingerprint density at radius 2 is 1.75 bits per heavy atom. The summed E-state index contributed by atoms with van der Waals surface area (Å²) in [7, 11) is 2.08. The molecule has 0 N–H and O–H groups in total. The van der Waals surface area contributed by atoms with Gasteiger partial charge in [0.25, 0.3) is 0 Å². The summed E-state index contributed by atoms with van der Waals surface area (Å²) in [6.07, 6.45) is 0. The lowest BCUT2D eigenvalue weighted by Gasteiger charge is -2.21. The van der Waals surface area contributed by atoms with Gasteiger partial charge in [0.15, 0.2) is 11.5 Å². The quantitative estimate of drug-likeness (QED) is 0.621. The van der Waals surface area contributed by atoms with Crippen LogP contribution in [0.1, 0.15) is 22.4 Å². The molecule has 0 saturated carbocycles. The van der Waals surface area contributed by atoms with Gasteiger partial charge in [-0.1, -0.05) is 48.0 Å². The molecule has 0 saturated heterocycles. The Morgan fingerprint density at radius 3 is 2.54 bits per heavy atom. The molecule has 0 fully saturated rings. The van der Waals surface area contributed by atoms with E-state index in [-0.39, 0.29) is 0 Å². The van der Waals surface area contributed by atoms with Gasteiger partial charge in [-0.3, -0.25) is 4.90 Å². The number of halogens is 1. The van der Waals surface area contributed by atoms with E-state index in [0.717, 1.165) is 35.8 Å². The summed E-state index contributed by atoms with van der Waals surface area (Å²) in [5.41, 5.74) is 4.40. The van der Waals surface area contributed by atoms with Gasteiger partial charge >= 0.3 is 0 Å². The minimum atomic E-state index is 0.599. The van der Waals surface area contributed by atoms with Gasteiger partial charge < -0.3 is 9.47 Å². The zero-order valence-electron chi connectivity index (χ0n) is 16.2. The number of ether oxygens (including phenoxy) is 2. The lowest BCUT2D eigenvalue weighted by atomic mass is 10.1. The van der Waals surface area contributed by atoms with Crippen LogP contribution in [0.2, 0.25) is 5.15 Å². The van der Waals surface area contributed by atoms with Crippen molar-refractivity contribution in [2.75, 3.05) is 20.3 Å². The van der Waals surface area contributed by atoms with Crippen LogP contribution in [0.5, 0.6) is 11.5 Å². The molecule has 1 aromatic heterocycles. The molecule has 0 bridgehead atoms. The molecule has 0 aliphatic carbocycles. The molecule has 2 aromatic carbocycles. The number of rotatable bonds is 6. The van der Waals surface area contributed by atoms with Crippen LogP contribution < -0.4 is 9.47 Å². The standard InChI is InChI=1S/C22H24ClN3O2/c1-16-19(22(23)26(24-16)14-17-6-4-3-5-7-17)15-25(2)13-18-8-9-20-21(12-18)28-11-10-27-20/h3-9,12H,10-11,13-15H2,1-2H3. The highest BCUT2D eigenvalue weighted by molar-refractivity contribution is 6.30. The van der Waals surface area contributed by atoms with Crippen molar-refractivity contribution in [1.29, 1.82) is 0 Å². The Morgan fingerprint density at radius 1 is 1.00 bits per heavy atom. The zero-order valence-corrected chi connectivity index (χ0v) is 16.9. The number of benzene rings is 2. The lowest BCUT2D eigenvalue weighted by molar-refractivity contribution is 0.171. The van der Waals surface area contributed by atoms with Crippen molar-refractivity contribution in [3.63, 3.8) is 0 Å². The van der Waals surface area contributed by atoms with Crippen LogP contribution in [0.4, 0.5) is 0 Å². The Hall–Kier alpha value is -2.50. The van der Waals surface area contributed by atoms with Crippen LogP contribution in [0.25, 0.3) is 0 Å². The molecule has 0 unspecified atom stereocenters. The van der Waals surface area contributed by atoms with Crippen molar-refractivity contribution in [3.05, 3.63) is 76.1 Å². The van der Waals surface area contributed by atoms with E-state index < -0.39 is 0 Å². The van der Waals surface area contributed by atoms with Gasteiger partial charge in [-0.15, -0.1) is 0 Å². The fourth-order valence-electron chi connectivity index (χ4n) is 3.45. The smallest absolute Gasteiger partial charge is 0.161 e. The summed E-state index contributed by atoms with van der Waals surface area (Å²) < 4.78 is 13.2. The topological polar surface area (TPSA) is 39.5 Å². The van der Waals surface area contributed by atoms with Crippen LogP contribution >= 0.6 is 11.6 Å². The highest BCUT2D eigenvalue weighted by Gasteiger charge is 2.17. The first-order valence-electron chi connectivity index (χ1n) is 9.43. The number of hydrogen-bond acceptors (Lipinski definition) is 4. The largest absolute Gasteiger partial charge is 0.486 e. The Kier molecular flexibility index (Phi) is 5.55. The van der Waals surface area contributed by atoms with E-state index in [1.807, 2.05) is 35.9 Å². The van der Waals surface area contributed by atoms with Gasteiger partial charge in [0.1, 0.15) is 18.4 Å². The van der Waals surface area contributed by atoms with Gasteiger partial charge in [-0.2, -0.15) is 5.10 Å². The summed E-state index contributed by atoms with van der Waals surface area (Å²) in [5.74, 6) is 1.64. The molecule has 28 heavy (non-hydrogen) atoms. The number of aryl methyl sites for hydroxylation is 1. The normalized spacial score (nSPS) is 13.1. The van der Waals surface area contributed by atoms with Crippen molar-refractivity contribution in [2.24, 2.45) is 0 Å². The third-order valence-corrected chi connectivity index (χ3v) is 5.27. The minimum Gasteiger partial charge on any atom is -0.486 e. The molecule has 2 heterocycles. The summed E-state index contributed by atoms with van der Waals surface area (Å²) >= 11 is 6.66. The summed E-state index contributed by atoms with van der Waals surface area (Å²) in [6.45, 7) is 5.41. The molecule has 0 atom stereocenters. The predicted octanol–water partition coefficient (Wildman–Crippen LogP) is 4.30. The first-order chi connectivity index (χ1) is 13.6. The number of aromatic nitrogens is 2. The van der Waals surface area contributed by atoms with Gasteiger partial charge in [-0.25, -0.2) is 4.68 Å². The maximum Gasteiger partial charge on any atom is 0.161 e. The molecule has 1 aliphatic heterocycles. The van der Waals surface area contributed by atoms with E-state index in [9.17, 15) is 0 Å². The molecule has 146 valence electrons. The van der Waals surface area contributed by atoms with Gasteiger partial charge in [0.05, 0.1) is 12.2 Å². The minimum absolute atomic E-state index is 0.599. The number of nitrogens with zero attached hydrogens (tertiary/aromatic N) is 3. The summed E-state index contributed by atoms with van der Waals surface area (Å²) in [6, 6.07) is 16.4. The van der Waals surface area contributed by atoms with E-state index in [4.69, 9.17) is 21.1 Å². The van der Waals surface area contributed by atoms with E-state index in [2.05, 4.69) is 41.3 Å². The van der Waals surface area contributed by atoms with E-state index in [0.29, 0.717) is 24.9 Å². The molecule has 4 rings (SSSR count). The molecule has 3 aromatic rings. The molecule has 6 heteroatoms. The fraction of sp³-hybridized carbons (Fsp3) is 0.318. The number of hydrogen-bond donors (Lipinski definition) is 0. The van der Waals surface area contributed by atoms with Gasteiger partial charge in [0, 0.05) is 18.7 Å². The maximum absolute atomic E-state index is 6.66. The number of fused-ring (bicyclic) bond motifs is 1. The van der Waals surface area contributed by atoms with Gasteiger partial charge in [0.2, 0.25) is 0 Å². The second-order valence-corrected chi connectivity index (χ2v) is 7.51. The van der Waals surface area contributed by atoms with Crippen molar-refractivity contribution in [1.82, 2.24) is 14.7 Å². The van der Waals surface area contributed by atoms with Crippen LogP contribution in [0, 0.1) is 6.92 Å². The van der Waals surface area contributed by atoms with Crippen LogP contribution in [0.15, 0.2) is 48.5 Å². The lowest BCUT2D eigenvalue weighted by Crippen LogP contribution is -2.19. The third kappa shape index (κ3) is 4.16. The van der Waals surface area contributed by atoms with Crippen molar-refractivity contribution >= 4 is 11.6 Å². The molecular formula is C22H24ClN3O2. The van der Waals surface area contributed by atoms with E-state index >= 15 is 0 Å². The van der Waals surface area contributed by atoms with Crippen molar-refractivity contribution in [2.45, 2.75) is 26.6 Å². The SMILES string of the molecule is Cc1nn(Cc2ccccc2)c(Cl)c1CN(C)Cc1ccc2c(c1)OCCO2. The van der Waals surface area contributed by atoms with Crippen molar-refractivity contribution < 1.29 is 9.47 Å². The fourth-order valence-corrected chi connectivity index (χ4v) is 3.75. The molecule has 0 radical (unpaired) electrons. The Labute approximate surface area is 170 Å². The second kappa shape index (κ2) is 8.25. The highest BCUT2D eigenvalue weighted by Crippen LogP contribution is 2.31. The van der Waals surface area contributed by atoms with E-state index in [1.54, 1.807) is 0 Å². The first-order valence-corrected chi connectivity index (χ1v) is 9.81. The molecule has 5 nitrogen and oxygen atoms in total. The monoisotopic (exact) mass is 397 g/mol. The van der Waals surface area contributed by atoms with Crippen LogP contribution in [-0.2, 0) is 19.6 Å². The Balaban J connectivity index is 1.45. The zero-order chi connectivity index (χ0) is 19.5. The van der Waals surface area contributed by atoms with E-state index in [1.165, 1.54) is 11.1 Å². The molecule has 0 amide bonds. The Bertz CT molecular complexity index is 956. The third-order valence-electron chi connectivity index (χ3n) is 4.85. The van der Waals surface area contributed by atoms with Crippen LogP contribution in [-0.4, -0.2) is 34.9 Å². The molecule has 1 aliphatic rings. The maximum atomic E-state index is 6.66. The first kappa shape index (κ1) is 18.8. The molecular weight excluding hydrogens is 374 g/mol. The second-order valence-electron chi connectivity index (χ2n) is 7.15. The summed E-state index contributed by atoms with van der Waals surface area (Å²) in [5, 5.41) is 5.35. The van der Waals surface area contributed by atoms with Gasteiger partial charge in [-0.05, 0) is 37.2 Å². The molecule has 0 spiro atoms. The summed E-state index contributed by atoms with van der Waals surface area (Å²) in [4.78, 5) is 2.23. The average Bonchev–Trinajstić information content (AvgIpc) is 2.96. The van der Waals surface area contributed by atoms with Crippen LogP contribution in [0.3, 0.4) is 0 Å². The van der Waals surface area contributed by atoms with Crippen molar-refractivity contribution in [3.8, 4) is 11.5 Å². The average molecular weight is 398 g/mol. The highest BCUT2D eigenvalue weighted by atomic mass is 35.5.